The minimum absolute atomic E-state index is 0.0634. The van der Waals surface area contributed by atoms with Crippen LogP contribution in [0.5, 0.6) is 0 Å². The summed E-state index contributed by atoms with van der Waals surface area (Å²) in [5, 5.41) is 12.1. The molecule has 9 heteroatoms. The number of hydrogen-bond acceptors (Lipinski definition) is 7. The Balaban J connectivity index is 1.60. The minimum Gasteiger partial charge on any atom is -0.476 e. The van der Waals surface area contributed by atoms with Gasteiger partial charge in [0.25, 0.3) is 5.56 Å². The molecule has 0 atom stereocenters. The topological polar surface area (TPSA) is 113 Å². The van der Waals surface area contributed by atoms with Crippen LogP contribution in [-0.2, 0) is 6.54 Å². The summed E-state index contributed by atoms with van der Waals surface area (Å²) in [5.41, 5.74) is -0.144. The van der Waals surface area contributed by atoms with Gasteiger partial charge in [-0.3, -0.25) is 4.79 Å². The maximum absolute atomic E-state index is 12.3. The Morgan fingerprint density at radius 1 is 1.28 bits per heavy atom. The molecule has 2 aromatic heterocycles. The van der Waals surface area contributed by atoms with Crippen LogP contribution in [0.4, 0.5) is 11.6 Å². The zero-order valence-electron chi connectivity index (χ0n) is 13.9. The van der Waals surface area contributed by atoms with Gasteiger partial charge in [0.2, 0.25) is 0 Å². The van der Waals surface area contributed by atoms with Crippen molar-refractivity contribution in [3.8, 4) is 0 Å². The molecule has 0 saturated carbocycles. The number of hydrogen-bond donors (Lipinski definition) is 2. The molecule has 2 N–H and O–H groups in total. The van der Waals surface area contributed by atoms with Crippen LogP contribution in [0.1, 0.15) is 30.3 Å². The molecule has 9 nitrogen and oxygen atoms in total. The first kappa shape index (κ1) is 16.9. The summed E-state index contributed by atoms with van der Waals surface area (Å²) in [5.74, 6) is -0.0523. The summed E-state index contributed by atoms with van der Waals surface area (Å²) >= 11 is 0. The maximum Gasteiger partial charge on any atom is 0.356 e. The number of aromatic nitrogens is 4. The normalized spacial score (nSPS) is 15.2. The van der Waals surface area contributed by atoms with Gasteiger partial charge in [0, 0.05) is 38.1 Å². The number of carboxylic acids is 1. The molecule has 1 aliphatic rings. The number of carbonyl (C=O) groups is 1. The number of piperidine rings is 1. The molecule has 25 heavy (non-hydrogen) atoms. The van der Waals surface area contributed by atoms with Crippen LogP contribution in [0, 0.1) is 0 Å². The number of aromatic carboxylic acids is 1. The third kappa shape index (κ3) is 3.76. The van der Waals surface area contributed by atoms with E-state index in [0.29, 0.717) is 31.3 Å². The molecule has 3 rings (SSSR count). The van der Waals surface area contributed by atoms with Crippen LogP contribution < -0.4 is 15.8 Å². The van der Waals surface area contributed by atoms with Crippen LogP contribution in [0.3, 0.4) is 0 Å². The molecular formula is C16H20N6O3. The van der Waals surface area contributed by atoms with Crippen molar-refractivity contribution < 1.29 is 9.90 Å². The van der Waals surface area contributed by atoms with Gasteiger partial charge >= 0.3 is 5.97 Å². The van der Waals surface area contributed by atoms with E-state index in [9.17, 15) is 9.59 Å². The van der Waals surface area contributed by atoms with E-state index >= 15 is 0 Å². The van der Waals surface area contributed by atoms with Crippen LogP contribution >= 0.6 is 0 Å². The highest BCUT2D eigenvalue weighted by Crippen LogP contribution is 2.17. The molecule has 0 spiro atoms. The lowest BCUT2D eigenvalue weighted by Crippen LogP contribution is -2.42. The summed E-state index contributed by atoms with van der Waals surface area (Å²) < 4.78 is 1.65. The summed E-state index contributed by atoms with van der Waals surface area (Å²) in [6, 6.07) is 0.193. The van der Waals surface area contributed by atoms with Crippen molar-refractivity contribution in [1.29, 1.82) is 0 Å². The van der Waals surface area contributed by atoms with E-state index in [2.05, 4.69) is 20.3 Å². The van der Waals surface area contributed by atoms with Crippen LogP contribution in [-0.4, -0.2) is 49.7 Å². The first-order valence-corrected chi connectivity index (χ1v) is 8.20. The second kappa shape index (κ2) is 7.29. The summed E-state index contributed by atoms with van der Waals surface area (Å²) in [4.78, 5) is 37.3. The summed E-state index contributed by atoms with van der Waals surface area (Å²) in [6.07, 6.45) is 7.66. The Bertz CT molecular complexity index is 796. The maximum atomic E-state index is 12.3. The number of rotatable bonds is 5. The molecule has 1 saturated heterocycles. The van der Waals surface area contributed by atoms with E-state index in [-0.39, 0.29) is 17.3 Å². The molecule has 132 valence electrons. The number of carboxylic acid groups (broad SMARTS) is 1. The van der Waals surface area contributed by atoms with E-state index < -0.39 is 5.97 Å². The third-order valence-corrected chi connectivity index (χ3v) is 4.25. The summed E-state index contributed by atoms with van der Waals surface area (Å²) in [7, 11) is 0. The fourth-order valence-electron chi connectivity index (χ4n) is 2.86. The van der Waals surface area contributed by atoms with Gasteiger partial charge in [0.1, 0.15) is 5.82 Å². The molecule has 0 amide bonds. The number of nitrogens with zero attached hydrogens (tertiary/aromatic N) is 5. The molecule has 3 heterocycles. The molecule has 1 fully saturated rings. The van der Waals surface area contributed by atoms with Crippen molar-refractivity contribution in [2.45, 2.75) is 32.4 Å². The van der Waals surface area contributed by atoms with E-state index in [1.807, 2.05) is 11.8 Å². The highest BCUT2D eigenvalue weighted by atomic mass is 16.4. The Labute approximate surface area is 144 Å². The molecular weight excluding hydrogens is 324 g/mol. The molecule has 0 bridgehead atoms. The smallest absolute Gasteiger partial charge is 0.356 e. The minimum atomic E-state index is -1.10. The van der Waals surface area contributed by atoms with E-state index in [1.54, 1.807) is 17.0 Å². The van der Waals surface area contributed by atoms with Gasteiger partial charge in [0.05, 0.1) is 12.4 Å². The van der Waals surface area contributed by atoms with Crippen molar-refractivity contribution in [3.63, 3.8) is 0 Å². The highest BCUT2D eigenvalue weighted by Gasteiger charge is 2.22. The van der Waals surface area contributed by atoms with Gasteiger partial charge in [-0.15, -0.1) is 0 Å². The fraction of sp³-hybridized carbons (Fsp3) is 0.438. The SMILES string of the molecule is CCn1ccnc(N2CCC(Nc3cnc(C(=O)O)cn3)CC2)c1=O. The first-order valence-electron chi connectivity index (χ1n) is 8.20. The third-order valence-electron chi connectivity index (χ3n) is 4.25. The van der Waals surface area contributed by atoms with Gasteiger partial charge in [-0.1, -0.05) is 0 Å². The second-order valence-corrected chi connectivity index (χ2v) is 5.84. The van der Waals surface area contributed by atoms with Crippen molar-refractivity contribution in [3.05, 3.63) is 40.8 Å². The Morgan fingerprint density at radius 3 is 2.64 bits per heavy atom. The monoisotopic (exact) mass is 344 g/mol. The van der Waals surface area contributed by atoms with Gasteiger partial charge in [0.15, 0.2) is 11.5 Å². The fourth-order valence-corrected chi connectivity index (χ4v) is 2.86. The molecule has 1 aliphatic heterocycles. The lowest BCUT2D eigenvalue weighted by Gasteiger charge is -2.33. The van der Waals surface area contributed by atoms with Crippen molar-refractivity contribution >= 4 is 17.6 Å². The zero-order chi connectivity index (χ0) is 17.8. The predicted molar refractivity (Wildman–Crippen MR) is 92.0 cm³/mol. The first-order chi connectivity index (χ1) is 12.1. The lowest BCUT2D eigenvalue weighted by molar-refractivity contribution is 0.0690. The van der Waals surface area contributed by atoms with E-state index in [4.69, 9.17) is 5.11 Å². The van der Waals surface area contributed by atoms with Gasteiger partial charge in [-0.2, -0.15) is 0 Å². The van der Waals surface area contributed by atoms with Gasteiger partial charge < -0.3 is 19.9 Å². The zero-order valence-corrected chi connectivity index (χ0v) is 13.9. The van der Waals surface area contributed by atoms with Crippen molar-refractivity contribution in [2.24, 2.45) is 0 Å². The molecule has 0 unspecified atom stereocenters. The molecule has 2 aromatic rings. The van der Waals surface area contributed by atoms with E-state index in [1.165, 1.54) is 12.4 Å². The average molecular weight is 344 g/mol. The quantitative estimate of drug-likeness (QED) is 0.820. The van der Waals surface area contributed by atoms with Crippen LogP contribution in [0.2, 0.25) is 0 Å². The van der Waals surface area contributed by atoms with Gasteiger partial charge in [-0.25, -0.2) is 19.7 Å². The largest absolute Gasteiger partial charge is 0.476 e. The number of aryl methyl sites for hydroxylation is 1. The Hall–Kier alpha value is -2.97. The standard InChI is InChI=1S/C16H20N6O3/c1-2-21-8-5-17-14(15(21)23)22-6-3-11(4-7-22)20-13-10-18-12(9-19-13)16(24)25/h5,8-11H,2-4,6-7H2,1H3,(H,19,20)(H,24,25). The predicted octanol–water partition coefficient (Wildman–Crippen LogP) is 0.832. The lowest BCUT2D eigenvalue weighted by atomic mass is 10.1. The summed E-state index contributed by atoms with van der Waals surface area (Å²) in [6.45, 7) is 3.98. The van der Waals surface area contributed by atoms with E-state index in [0.717, 1.165) is 12.8 Å². The van der Waals surface area contributed by atoms with Crippen molar-refractivity contribution in [1.82, 2.24) is 19.5 Å². The Kier molecular flexibility index (Phi) is 4.92. The molecule has 0 radical (unpaired) electrons. The van der Waals surface area contributed by atoms with Crippen LogP contribution in [0.15, 0.2) is 29.6 Å². The van der Waals surface area contributed by atoms with Crippen LogP contribution in [0.25, 0.3) is 0 Å². The molecule has 0 aliphatic carbocycles. The number of anilines is 2. The second-order valence-electron chi connectivity index (χ2n) is 5.84. The van der Waals surface area contributed by atoms with Gasteiger partial charge in [-0.05, 0) is 19.8 Å². The average Bonchev–Trinajstić information content (AvgIpc) is 2.63. The number of nitrogens with one attached hydrogen (secondary N) is 1. The highest BCUT2D eigenvalue weighted by molar-refractivity contribution is 5.84. The molecule has 0 aromatic carbocycles. The Morgan fingerprint density at radius 2 is 2.04 bits per heavy atom. The van der Waals surface area contributed by atoms with Crippen molar-refractivity contribution in [2.75, 3.05) is 23.3 Å².